The van der Waals surface area contributed by atoms with E-state index in [2.05, 4.69) is 4.98 Å². The number of ether oxygens (including phenoxy) is 1. The van der Waals surface area contributed by atoms with E-state index in [0.29, 0.717) is 27.3 Å². The Morgan fingerprint density at radius 2 is 2.07 bits per heavy atom. The molecule has 4 rings (SSSR count). The highest BCUT2D eigenvalue weighted by molar-refractivity contribution is 7.17. The lowest BCUT2D eigenvalue weighted by atomic mass is 10.1. The molecule has 136 valence electrons. The van der Waals surface area contributed by atoms with Crippen LogP contribution in [0.5, 0.6) is 0 Å². The molecule has 0 aliphatic rings. The number of furan rings is 1. The fourth-order valence-corrected chi connectivity index (χ4v) is 3.92. The smallest absolute Gasteiger partial charge is 0.341 e. The zero-order chi connectivity index (χ0) is 19.0. The molecular formula is C20H16N2O4S. The molecule has 4 aromatic rings. The van der Waals surface area contributed by atoms with E-state index in [1.54, 1.807) is 13.0 Å². The lowest BCUT2D eigenvalue weighted by Gasteiger charge is -2.04. The van der Waals surface area contributed by atoms with Crippen molar-refractivity contribution in [2.24, 2.45) is 0 Å². The Bertz CT molecular complexity index is 1190. The van der Waals surface area contributed by atoms with E-state index in [-0.39, 0.29) is 12.1 Å². The van der Waals surface area contributed by atoms with Crippen LogP contribution in [0.15, 0.2) is 57.3 Å². The molecule has 0 aliphatic heterocycles. The number of carbonyl (C=O) groups excluding carboxylic acids is 1. The van der Waals surface area contributed by atoms with Crippen LogP contribution >= 0.6 is 11.3 Å². The van der Waals surface area contributed by atoms with Crippen LogP contribution in [-0.4, -0.2) is 22.6 Å². The van der Waals surface area contributed by atoms with Gasteiger partial charge < -0.3 is 9.15 Å². The molecule has 0 spiro atoms. The highest BCUT2D eigenvalue weighted by Gasteiger charge is 2.17. The Balaban J connectivity index is 1.77. The predicted molar refractivity (Wildman–Crippen MR) is 103 cm³/mol. The number of methoxy groups -OCH3 is 1. The van der Waals surface area contributed by atoms with Crippen LogP contribution in [0.25, 0.3) is 21.3 Å². The first-order valence-corrected chi connectivity index (χ1v) is 9.16. The second-order valence-corrected chi connectivity index (χ2v) is 6.91. The summed E-state index contributed by atoms with van der Waals surface area (Å²) in [5.41, 5.74) is 2.06. The number of nitrogens with zero attached hydrogens (tertiary/aromatic N) is 2. The second kappa shape index (κ2) is 6.85. The summed E-state index contributed by atoms with van der Waals surface area (Å²) < 4.78 is 11.8. The number of aromatic nitrogens is 2. The highest BCUT2D eigenvalue weighted by Crippen LogP contribution is 2.30. The molecule has 0 fully saturated rings. The van der Waals surface area contributed by atoms with Crippen molar-refractivity contribution in [1.29, 1.82) is 0 Å². The average Bonchev–Trinajstić information content (AvgIpc) is 3.28. The number of thiophene rings is 1. The van der Waals surface area contributed by atoms with Gasteiger partial charge in [-0.3, -0.25) is 9.36 Å². The summed E-state index contributed by atoms with van der Waals surface area (Å²) in [7, 11) is 1.32. The van der Waals surface area contributed by atoms with Crippen molar-refractivity contribution in [1.82, 2.24) is 9.55 Å². The summed E-state index contributed by atoms with van der Waals surface area (Å²) in [6, 6.07) is 11.4. The Hall–Kier alpha value is -3.19. The molecule has 0 N–H and O–H groups in total. The first-order valence-electron chi connectivity index (χ1n) is 8.28. The molecule has 3 heterocycles. The fraction of sp³-hybridized carbons (Fsp3) is 0.150. The quantitative estimate of drug-likeness (QED) is 0.503. The monoisotopic (exact) mass is 380 g/mol. The minimum absolute atomic E-state index is 0.145. The van der Waals surface area contributed by atoms with Crippen LogP contribution in [0.4, 0.5) is 0 Å². The molecule has 3 aromatic heterocycles. The maximum absolute atomic E-state index is 13.1. The number of hydrogen-bond donors (Lipinski definition) is 0. The van der Waals surface area contributed by atoms with E-state index in [1.807, 2.05) is 35.7 Å². The van der Waals surface area contributed by atoms with Crippen LogP contribution in [0.3, 0.4) is 0 Å². The minimum Gasteiger partial charge on any atom is -0.465 e. The van der Waals surface area contributed by atoms with Crippen LogP contribution in [-0.2, 0) is 11.3 Å². The molecule has 0 bridgehead atoms. The lowest BCUT2D eigenvalue weighted by molar-refractivity contribution is 0.0599. The number of fused-ring (bicyclic) bond motifs is 1. The molecule has 0 aliphatic carbocycles. The SMILES string of the molecule is COC(=O)c1cc(Cn2cnc3scc(-c4ccccc4)c3c2=O)oc1C. The number of carbonyl (C=O) groups is 1. The van der Waals surface area contributed by atoms with Crippen LogP contribution in [0.1, 0.15) is 21.9 Å². The van der Waals surface area contributed by atoms with E-state index in [0.717, 1.165) is 11.1 Å². The summed E-state index contributed by atoms with van der Waals surface area (Å²) in [6.07, 6.45) is 1.51. The van der Waals surface area contributed by atoms with Gasteiger partial charge in [0.15, 0.2) is 0 Å². The van der Waals surface area contributed by atoms with Gasteiger partial charge in [0.05, 0.1) is 25.4 Å². The number of rotatable bonds is 4. The summed E-state index contributed by atoms with van der Waals surface area (Å²) in [4.78, 5) is 29.9. The van der Waals surface area contributed by atoms with E-state index >= 15 is 0 Å². The van der Waals surface area contributed by atoms with Gasteiger partial charge in [0.2, 0.25) is 0 Å². The summed E-state index contributed by atoms with van der Waals surface area (Å²) >= 11 is 1.44. The van der Waals surface area contributed by atoms with E-state index < -0.39 is 5.97 Å². The van der Waals surface area contributed by atoms with Crippen molar-refractivity contribution < 1.29 is 13.9 Å². The van der Waals surface area contributed by atoms with Crippen molar-refractivity contribution in [3.8, 4) is 11.1 Å². The van der Waals surface area contributed by atoms with Gasteiger partial charge in [0.1, 0.15) is 21.9 Å². The number of esters is 1. The second-order valence-electron chi connectivity index (χ2n) is 6.05. The molecule has 0 radical (unpaired) electrons. The molecule has 0 amide bonds. The van der Waals surface area contributed by atoms with Crippen molar-refractivity contribution in [3.63, 3.8) is 0 Å². The van der Waals surface area contributed by atoms with Gasteiger partial charge in [-0.25, -0.2) is 9.78 Å². The molecule has 6 nitrogen and oxygen atoms in total. The Labute approximate surface area is 158 Å². The maximum atomic E-state index is 13.1. The largest absolute Gasteiger partial charge is 0.465 e. The van der Waals surface area contributed by atoms with E-state index in [1.165, 1.54) is 29.3 Å². The average molecular weight is 380 g/mol. The van der Waals surface area contributed by atoms with Gasteiger partial charge in [0, 0.05) is 10.9 Å². The highest BCUT2D eigenvalue weighted by atomic mass is 32.1. The topological polar surface area (TPSA) is 74.3 Å². The molecule has 0 atom stereocenters. The molecule has 0 saturated carbocycles. The van der Waals surface area contributed by atoms with E-state index in [9.17, 15) is 9.59 Å². The first-order chi connectivity index (χ1) is 13.1. The van der Waals surface area contributed by atoms with Crippen molar-refractivity contribution >= 4 is 27.5 Å². The van der Waals surface area contributed by atoms with E-state index in [4.69, 9.17) is 9.15 Å². The number of hydrogen-bond acceptors (Lipinski definition) is 6. The van der Waals surface area contributed by atoms with Crippen LogP contribution in [0, 0.1) is 6.92 Å². The van der Waals surface area contributed by atoms with Gasteiger partial charge in [-0.1, -0.05) is 30.3 Å². The zero-order valence-corrected chi connectivity index (χ0v) is 15.6. The van der Waals surface area contributed by atoms with Gasteiger partial charge in [0.25, 0.3) is 5.56 Å². The van der Waals surface area contributed by atoms with Gasteiger partial charge in [-0.2, -0.15) is 0 Å². The Kier molecular flexibility index (Phi) is 4.37. The predicted octanol–water partition coefficient (Wildman–Crippen LogP) is 3.86. The maximum Gasteiger partial charge on any atom is 0.341 e. The summed E-state index contributed by atoms with van der Waals surface area (Å²) in [5, 5.41) is 2.54. The number of aryl methyl sites for hydroxylation is 1. The summed E-state index contributed by atoms with van der Waals surface area (Å²) in [6.45, 7) is 1.87. The molecule has 27 heavy (non-hydrogen) atoms. The third-order valence-corrected chi connectivity index (χ3v) is 5.23. The third kappa shape index (κ3) is 3.06. The first kappa shape index (κ1) is 17.2. The van der Waals surface area contributed by atoms with Crippen molar-refractivity contribution in [2.45, 2.75) is 13.5 Å². The van der Waals surface area contributed by atoms with Crippen molar-refractivity contribution in [2.75, 3.05) is 7.11 Å². The minimum atomic E-state index is -0.465. The Morgan fingerprint density at radius 3 is 2.81 bits per heavy atom. The van der Waals surface area contributed by atoms with Crippen LogP contribution < -0.4 is 5.56 Å². The van der Waals surface area contributed by atoms with Gasteiger partial charge >= 0.3 is 5.97 Å². The van der Waals surface area contributed by atoms with Gasteiger partial charge in [-0.15, -0.1) is 11.3 Å². The van der Waals surface area contributed by atoms with Crippen LogP contribution in [0.2, 0.25) is 0 Å². The lowest BCUT2D eigenvalue weighted by Crippen LogP contribution is -2.20. The molecule has 0 saturated heterocycles. The number of benzene rings is 1. The molecule has 7 heteroatoms. The van der Waals surface area contributed by atoms with Gasteiger partial charge in [-0.05, 0) is 18.6 Å². The standard InChI is InChI=1S/C20H16N2O4S/c1-12-15(20(24)25-2)8-14(26-12)9-22-11-21-18-17(19(22)23)16(10-27-18)13-6-4-3-5-7-13/h3-8,10-11H,9H2,1-2H3. The normalized spacial score (nSPS) is 11.0. The fourth-order valence-electron chi connectivity index (χ4n) is 3.01. The summed E-state index contributed by atoms with van der Waals surface area (Å²) in [5.74, 6) is 0.486. The third-order valence-electron chi connectivity index (χ3n) is 4.35. The Morgan fingerprint density at radius 1 is 1.30 bits per heavy atom. The molecule has 1 aromatic carbocycles. The zero-order valence-electron chi connectivity index (χ0n) is 14.8. The molecule has 0 unspecified atom stereocenters. The molecular weight excluding hydrogens is 364 g/mol. The van der Waals surface area contributed by atoms with Crippen molar-refractivity contribution in [3.05, 3.63) is 75.5 Å².